The zero-order valence-corrected chi connectivity index (χ0v) is 15.2. The summed E-state index contributed by atoms with van der Waals surface area (Å²) in [5, 5.41) is 19.4. The van der Waals surface area contributed by atoms with Gasteiger partial charge < -0.3 is 15.0 Å². The van der Waals surface area contributed by atoms with Crippen molar-refractivity contribution in [3.63, 3.8) is 0 Å². The van der Waals surface area contributed by atoms with E-state index >= 15 is 0 Å². The molecule has 3 rings (SSSR count). The molecule has 0 spiro atoms. The largest absolute Gasteiger partial charge is 0.489 e. The Bertz CT molecular complexity index is 870. The topological polar surface area (TPSA) is 89.2 Å². The van der Waals surface area contributed by atoms with Gasteiger partial charge in [0.05, 0.1) is 24.0 Å². The Morgan fingerprint density at radius 1 is 1.33 bits per heavy atom. The van der Waals surface area contributed by atoms with Crippen molar-refractivity contribution in [2.75, 3.05) is 13.1 Å². The first-order valence-corrected chi connectivity index (χ1v) is 8.89. The molecule has 0 aliphatic carbocycles. The number of amidine groups is 1. The van der Waals surface area contributed by atoms with Gasteiger partial charge in [-0.2, -0.15) is 5.26 Å². The average Bonchev–Trinajstić information content (AvgIpc) is 3.16. The van der Waals surface area contributed by atoms with Gasteiger partial charge in [-0.3, -0.25) is 10.2 Å². The maximum atomic E-state index is 12.2. The number of carbonyl (C=O) groups is 1. The molecule has 1 atom stereocenters. The van der Waals surface area contributed by atoms with E-state index in [-0.39, 0.29) is 12.0 Å². The molecule has 2 aromatic rings. The molecule has 1 saturated heterocycles. The lowest BCUT2D eigenvalue weighted by molar-refractivity contribution is 0.0951. The number of hydrogen-bond acceptors (Lipinski definition) is 4. The highest BCUT2D eigenvalue weighted by Gasteiger charge is 2.24. The number of likely N-dealkylation sites (tertiary alicyclic amines) is 1. The van der Waals surface area contributed by atoms with E-state index in [4.69, 9.17) is 15.4 Å². The SMILES string of the molecule is CC(=N)N1CCC(Oc2ccc(CNC(=O)c3cccc(C#N)c3)cc2)C1. The summed E-state index contributed by atoms with van der Waals surface area (Å²) < 4.78 is 5.97. The molecular weight excluding hydrogens is 340 g/mol. The standard InChI is InChI=1S/C21H22N4O2/c1-15(23)25-10-9-20(14-25)27-19-7-5-16(6-8-19)13-24-21(26)18-4-2-3-17(11-18)12-22/h2-8,11,20,23H,9-10,13-14H2,1H3,(H,24,26). The lowest BCUT2D eigenvalue weighted by Crippen LogP contribution is -2.28. The van der Waals surface area contributed by atoms with Crippen LogP contribution < -0.4 is 10.1 Å². The van der Waals surface area contributed by atoms with Crippen LogP contribution in [0.25, 0.3) is 0 Å². The summed E-state index contributed by atoms with van der Waals surface area (Å²) in [5.74, 6) is 1.16. The molecule has 0 radical (unpaired) electrons. The van der Waals surface area contributed by atoms with Gasteiger partial charge in [-0.1, -0.05) is 18.2 Å². The molecular formula is C21H22N4O2. The maximum Gasteiger partial charge on any atom is 0.251 e. The summed E-state index contributed by atoms with van der Waals surface area (Å²) >= 11 is 0. The van der Waals surface area contributed by atoms with Crippen molar-refractivity contribution >= 4 is 11.7 Å². The van der Waals surface area contributed by atoms with E-state index in [9.17, 15) is 4.79 Å². The van der Waals surface area contributed by atoms with Crippen LogP contribution in [0.1, 0.15) is 34.8 Å². The maximum absolute atomic E-state index is 12.2. The fraction of sp³-hybridized carbons (Fsp3) is 0.286. The summed E-state index contributed by atoms with van der Waals surface area (Å²) in [6.45, 7) is 3.80. The summed E-state index contributed by atoms with van der Waals surface area (Å²) in [4.78, 5) is 14.2. The van der Waals surface area contributed by atoms with Crippen LogP contribution in [0.4, 0.5) is 0 Å². The van der Waals surface area contributed by atoms with Crippen LogP contribution >= 0.6 is 0 Å². The van der Waals surface area contributed by atoms with E-state index in [0.29, 0.717) is 23.5 Å². The first kappa shape index (κ1) is 18.5. The Morgan fingerprint density at radius 3 is 2.78 bits per heavy atom. The normalized spacial score (nSPS) is 15.9. The zero-order chi connectivity index (χ0) is 19.2. The minimum absolute atomic E-state index is 0.100. The van der Waals surface area contributed by atoms with E-state index < -0.39 is 0 Å². The monoisotopic (exact) mass is 362 g/mol. The highest BCUT2D eigenvalue weighted by molar-refractivity contribution is 5.94. The lowest BCUT2D eigenvalue weighted by atomic mass is 10.1. The molecule has 1 aliphatic rings. The van der Waals surface area contributed by atoms with Gasteiger partial charge in [0.25, 0.3) is 5.91 Å². The third kappa shape index (κ3) is 4.85. The Morgan fingerprint density at radius 2 is 2.11 bits per heavy atom. The quantitative estimate of drug-likeness (QED) is 0.632. The van der Waals surface area contributed by atoms with Crippen LogP contribution in [-0.4, -0.2) is 35.8 Å². The van der Waals surface area contributed by atoms with Gasteiger partial charge >= 0.3 is 0 Å². The Balaban J connectivity index is 1.51. The lowest BCUT2D eigenvalue weighted by Gasteiger charge is -2.17. The highest BCUT2D eigenvalue weighted by atomic mass is 16.5. The molecule has 6 nitrogen and oxygen atoms in total. The minimum atomic E-state index is -0.208. The van der Waals surface area contributed by atoms with Gasteiger partial charge in [0, 0.05) is 25.1 Å². The second kappa shape index (κ2) is 8.37. The molecule has 1 unspecified atom stereocenters. The molecule has 1 amide bonds. The predicted octanol–water partition coefficient (Wildman–Crippen LogP) is 2.94. The zero-order valence-electron chi connectivity index (χ0n) is 15.2. The van der Waals surface area contributed by atoms with Crippen LogP contribution in [0.5, 0.6) is 5.75 Å². The minimum Gasteiger partial charge on any atom is -0.489 e. The molecule has 1 heterocycles. The second-order valence-electron chi connectivity index (χ2n) is 6.58. The van der Waals surface area contributed by atoms with Gasteiger partial charge in [-0.15, -0.1) is 0 Å². The van der Waals surface area contributed by atoms with Crippen LogP contribution in [0.2, 0.25) is 0 Å². The van der Waals surface area contributed by atoms with Crippen LogP contribution in [0.15, 0.2) is 48.5 Å². The van der Waals surface area contributed by atoms with E-state index in [2.05, 4.69) is 5.32 Å². The molecule has 2 aromatic carbocycles. The summed E-state index contributed by atoms with van der Waals surface area (Å²) in [6, 6.07) is 16.3. The first-order chi connectivity index (χ1) is 13.0. The van der Waals surface area contributed by atoms with E-state index in [1.165, 1.54) is 0 Å². The number of nitrogens with zero attached hydrogens (tertiary/aromatic N) is 2. The predicted molar refractivity (Wildman–Crippen MR) is 103 cm³/mol. The van der Waals surface area contributed by atoms with Crippen molar-refractivity contribution in [1.29, 1.82) is 10.7 Å². The van der Waals surface area contributed by atoms with Gasteiger partial charge in [0.15, 0.2) is 0 Å². The number of rotatable bonds is 5. The van der Waals surface area contributed by atoms with E-state index in [1.807, 2.05) is 35.2 Å². The van der Waals surface area contributed by atoms with Crippen LogP contribution in [-0.2, 0) is 6.54 Å². The molecule has 138 valence electrons. The van der Waals surface area contributed by atoms with Crippen molar-refractivity contribution in [2.24, 2.45) is 0 Å². The number of amides is 1. The number of carbonyl (C=O) groups excluding carboxylic acids is 1. The molecule has 6 heteroatoms. The average molecular weight is 362 g/mol. The number of benzene rings is 2. The van der Waals surface area contributed by atoms with Crippen molar-refractivity contribution in [3.05, 3.63) is 65.2 Å². The Labute approximate surface area is 158 Å². The first-order valence-electron chi connectivity index (χ1n) is 8.89. The molecule has 0 aromatic heterocycles. The van der Waals surface area contributed by atoms with Crippen molar-refractivity contribution in [3.8, 4) is 11.8 Å². The number of nitriles is 1. The van der Waals surface area contributed by atoms with E-state index in [0.717, 1.165) is 30.8 Å². The Kier molecular flexibility index (Phi) is 5.72. The fourth-order valence-electron chi connectivity index (χ4n) is 3.02. The molecule has 1 fully saturated rings. The highest BCUT2D eigenvalue weighted by Crippen LogP contribution is 2.19. The molecule has 1 aliphatic heterocycles. The molecule has 0 bridgehead atoms. The number of hydrogen-bond donors (Lipinski definition) is 2. The third-order valence-electron chi connectivity index (χ3n) is 4.55. The van der Waals surface area contributed by atoms with Gasteiger partial charge in [-0.05, 0) is 42.8 Å². The van der Waals surface area contributed by atoms with Gasteiger partial charge in [0.1, 0.15) is 11.9 Å². The fourth-order valence-corrected chi connectivity index (χ4v) is 3.02. The second-order valence-corrected chi connectivity index (χ2v) is 6.58. The molecule has 0 saturated carbocycles. The number of nitrogens with one attached hydrogen (secondary N) is 2. The summed E-state index contributed by atoms with van der Waals surface area (Å²) in [6.07, 6.45) is 1.01. The van der Waals surface area contributed by atoms with Gasteiger partial charge in [-0.25, -0.2) is 0 Å². The van der Waals surface area contributed by atoms with Crippen molar-refractivity contribution in [1.82, 2.24) is 10.2 Å². The van der Waals surface area contributed by atoms with Crippen molar-refractivity contribution < 1.29 is 9.53 Å². The molecule has 2 N–H and O–H groups in total. The van der Waals surface area contributed by atoms with Crippen LogP contribution in [0.3, 0.4) is 0 Å². The Hall–Kier alpha value is -3.33. The number of ether oxygens (including phenoxy) is 1. The summed E-state index contributed by atoms with van der Waals surface area (Å²) in [5.41, 5.74) is 1.91. The molecule has 27 heavy (non-hydrogen) atoms. The van der Waals surface area contributed by atoms with Gasteiger partial charge in [0.2, 0.25) is 0 Å². The van der Waals surface area contributed by atoms with Crippen molar-refractivity contribution in [2.45, 2.75) is 26.0 Å². The summed E-state index contributed by atoms with van der Waals surface area (Å²) in [7, 11) is 0. The van der Waals surface area contributed by atoms with E-state index in [1.54, 1.807) is 31.2 Å². The third-order valence-corrected chi connectivity index (χ3v) is 4.55. The smallest absolute Gasteiger partial charge is 0.251 e. The van der Waals surface area contributed by atoms with Crippen LogP contribution in [0, 0.1) is 16.7 Å².